The number of fused-ring (bicyclic) bond motifs is 1. The number of nitrogens with zero attached hydrogens (tertiary/aromatic N) is 1. The minimum Gasteiger partial charge on any atom is -0.311 e. The molecule has 2 nitrogen and oxygen atoms in total. The predicted molar refractivity (Wildman–Crippen MR) is 87.4 cm³/mol. The highest BCUT2D eigenvalue weighted by Crippen LogP contribution is 2.40. The van der Waals surface area contributed by atoms with Gasteiger partial charge in [0.2, 0.25) is 0 Å². The molecule has 0 spiro atoms. The molecule has 0 bridgehead atoms. The fourth-order valence-electron chi connectivity index (χ4n) is 4.49. The van der Waals surface area contributed by atoms with Crippen molar-refractivity contribution in [2.45, 2.75) is 63.6 Å². The highest BCUT2D eigenvalue weighted by atomic mass is 15.3. The first-order chi connectivity index (χ1) is 10.4. The second kappa shape index (κ2) is 5.73. The minimum atomic E-state index is 0.670. The second-order valence-electron chi connectivity index (χ2n) is 7.22. The Bertz CT molecular complexity index is 494. The van der Waals surface area contributed by atoms with Crippen molar-refractivity contribution in [3.63, 3.8) is 0 Å². The van der Waals surface area contributed by atoms with Gasteiger partial charge in [-0.15, -0.1) is 0 Å². The maximum absolute atomic E-state index is 3.83. The standard InChI is InChI=1S/C19H28N2/c1-2-16-12-20-18(15-10-11-15)13-21(16)19-9-5-7-14-6-3-4-8-17(14)19/h3-4,6,8,15-16,18-20H,2,5,7,9-13H2,1H3. The fourth-order valence-corrected chi connectivity index (χ4v) is 4.49. The van der Waals surface area contributed by atoms with Crippen molar-refractivity contribution >= 4 is 0 Å². The summed E-state index contributed by atoms with van der Waals surface area (Å²) >= 11 is 0. The van der Waals surface area contributed by atoms with Gasteiger partial charge in [-0.3, -0.25) is 4.90 Å². The van der Waals surface area contributed by atoms with Crippen LogP contribution in [0.4, 0.5) is 0 Å². The van der Waals surface area contributed by atoms with Crippen LogP contribution in [0, 0.1) is 5.92 Å². The summed E-state index contributed by atoms with van der Waals surface area (Å²) in [6.07, 6.45) is 8.15. The SMILES string of the molecule is CCC1CNC(C2CC2)CN1C1CCCc2ccccc21. The van der Waals surface area contributed by atoms with Crippen LogP contribution in [0.15, 0.2) is 24.3 Å². The number of rotatable bonds is 3. The van der Waals surface area contributed by atoms with Gasteiger partial charge in [0.15, 0.2) is 0 Å². The van der Waals surface area contributed by atoms with E-state index in [-0.39, 0.29) is 0 Å². The molecule has 0 amide bonds. The monoisotopic (exact) mass is 284 g/mol. The molecule has 1 N–H and O–H groups in total. The molecule has 3 unspecified atom stereocenters. The van der Waals surface area contributed by atoms with Crippen LogP contribution < -0.4 is 5.32 Å². The van der Waals surface area contributed by atoms with Crippen molar-refractivity contribution in [1.29, 1.82) is 0 Å². The molecule has 0 aromatic heterocycles. The largest absolute Gasteiger partial charge is 0.311 e. The molecule has 1 saturated heterocycles. The van der Waals surface area contributed by atoms with Gasteiger partial charge >= 0.3 is 0 Å². The van der Waals surface area contributed by atoms with E-state index in [1.165, 1.54) is 51.6 Å². The van der Waals surface area contributed by atoms with Gasteiger partial charge in [-0.2, -0.15) is 0 Å². The Labute approximate surface area is 128 Å². The van der Waals surface area contributed by atoms with E-state index in [2.05, 4.69) is 41.4 Å². The third-order valence-corrected chi connectivity index (χ3v) is 5.89. The molecule has 3 atom stereocenters. The van der Waals surface area contributed by atoms with Crippen molar-refractivity contribution in [3.05, 3.63) is 35.4 Å². The molecular weight excluding hydrogens is 256 g/mol. The number of hydrogen-bond acceptors (Lipinski definition) is 2. The molecule has 114 valence electrons. The molecule has 1 saturated carbocycles. The molecule has 1 heterocycles. The van der Waals surface area contributed by atoms with Gasteiger partial charge in [0.05, 0.1) is 0 Å². The van der Waals surface area contributed by atoms with E-state index in [4.69, 9.17) is 0 Å². The minimum absolute atomic E-state index is 0.670. The first-order valence-corrected chi connectivity index (χ1v) is 8.93. The zero-order valence-corrected chi connectivity index (χ0v) is 13.2. The van der Waals surface area contributed by atoms with E-state index in [1.807, 2.05) is 0 Å². The Morgan fingerprint density at radius 1 is 1.19 bits per heavy atom. The van der Waals surface area contributed by atoms with Crippen LogP contribution in [-0.2, 0) is 6.42 Å². The van der Waals surface area contributed by atoms with Crippen LogP contribution >= 0.6 is 0 Å². The maximum Gasteiger partial charge on any atom is 0.0355 e. The predicted octanol–water partition coefficient (Wildman–Crippen LogP) is 3.53. The molecule has 3 aliphatic rings. The second-order valence-corrected chi connectivity index (χ2v) is 7.22. The Kier molecular flexibility index (Phi) is 3.76. The van der Waals surface area contributed by atoms with Crippen LogP contribution in [-0.4, -0.2) is 30.1 Å². The number of benzene rings is 1. The third-order valence-electron chi connectivity index (χ3n) is 5.89. The molecular formula is C19H28N2. The molecule has 1 aromatic rings. The maximum atomic E-state index is 3.83. The Morgan fingerprint density at radius 2 is 2.05 bits per heavy atom. The number of piperazine rings is 1. The Balaban J connectivity index is 1.60. The highest BCUT2D eigenvalue weighted by molar-refractivity contribution is 5.32. The molecule has 1 aliphatic heterocycles. The number of nitrogens with one attached hydrogen (secondary N) is 1. The third kappa shape index (κ3) is 2.64. The lowest BCUT2D eigenvalue weighted by atomic mass is 9.85. The van der Waals surface area contributed by atoms with Crippen LogP contribution in [0.2, 0.25) is 0 Å². The van der Waals surface area contributed by atoms with Crippen molar-refractivity contribution in [2.24, 2.45) is 5.92 Å². The van der Waals surface area contributed by atoms with Gasteiger partial charge in [-0.05, 0) is 55.6 Å². The molecule has 1 aromatic carbocycles. The molecule has 2 heteroatoms. The van der Waals surface area contributed by atoms with Crippen molar-refractivity contribution < 1.29 is 0 Å². The van der Waals surface area contributed by atoms with Crippen molar-refractivity contribution in [3.8, 4) is 0 Å². The molecule has 2 aliphatic carbocycles. The van der Waals surface area contributed by atoms with Gasteiger partial charge in [0.25, 0.3) is 0 Å². The average molecular weight is 284 g/mol. The zero-order chi connectivity index (χ0) is 14.2. The summed E-state index contributed by atoms with van der Waals surface area (Å²) in [4.78, 5) is 2.86. The van der Waals surface area contributed by atoms with Gasteiger partial charge in [-0.1, -0.05) is 31.2 Å². The Morgan fingerprint density at radius 3 is 2.86 bits per heavy atom. The van der Waals surface area contributed by atoms with Crippen LogP contribution in [0.25, 0.3) is 0 Å². The normalized spacial score (nSPS) is 33.7. The molecule has 0 radical (unpaired) electrons. The lowest BCUT2D eigenvalue weighted by Gasteiger charge is -2.46. The van der Waals surface area contributed by atoms with Gasteiger partial charge in [0, 0.05) is 31.2 Å². The van der Waals surface area contributed by atoms with Crippen LogP contribution in [0.1, 0.15) is 56.2 Å². The van der Waals surface area contributed by atoms with E-state index in [9.17, 15) is 0 Å². The molecule has 21 heavy (non-hydrogen) atoms. The quantitative estimate of drug-likeness (QED) is 0.913. The van der Waals surface area contributed by atoms with E-state index in [0.717, 1.165) is 18.0 Å². The van der Waals surface area contributed by atoms with Gasteiger partial charge in [-0.25, -0.2) is 0 Å². The summed E-state index contributed by atoms with van der Waals surface area (Å²) in [6.45, 7) is 4.81. The summed E-state index contributed by atoms with van der Waals surface area (Å²) in [7, 11) is 0. The lowest BCUT2D eigenvalue weighted by Crippen LogP contribution is -2.58. The molecule has 4 rings (SSSR count). The average Bonchev–Trinajstić information content (AvgIpc) is 3.39. The summed E-state index contributed by atoms with van der Waals surface area (Å²) in [5.74, 6) is 0.962. The molecule has 2 fully saturated rings. The highest BCUT2D eigenvalue weighted by Gasteiger charge is 2.39. The number of hydrogen-bond donors (Lipinski definition) is 1. The smallest absolute Gasteiger partial charge is 0.0355 e. The Hall–Kier alpha value is -0.860. The zero-order valence-electron chi connectivity index (χ0n) is 13.2. The van der Waals surface area contributed by atoms with Crippen molar-refractivity contribution in [2.75, 3.05) is 13.1 Å². The number of aryl methyl sites for hydroxylation is 1. The van der Waals surface area contributed by atoms with Crippen LogP contribution in [0.3, 0.4) is 0 Å². The first-order valence-electron chi connectivity index (χ1n) is 8.93. The van der Waals surface area contributed by atoms with E-state index in [1.54, 1.807) is 11.1 Å². The summed E-state index contributed by atoms with van der Waals surface area (Å²) < 4.78 is 0. The van der Waals surface area contributed by atoms with Gasteiger partial charge < -0.3 is 5.32 Å². The summed E-state index contributed by atoms with van der Waals surface area (Å²) in [6, 6.07) is 11.3. The van der Waals surface area contributed by atoms with Gasteiger partial charge in [0.1, 0.15) is 0 Å². The summed E-state index contributed by atoms with van der Waals surface area (Å²) in [5, 5.41) is 3.83. The topological polar surface area (TPSA) is 15.3 Å². The van der Waals surface area contributed by atoms with E-state index >= 15 is 0 Å². The van der Waals surface area contributed by atoms with Crippen LogP contribution in [0.5, 0.6) is 0 Å². The summed E-state index contributed by atoms with van der Waals surface area (Å²) in [5.41, 5.74) is 3.23. The van der Waals surface area contributed by atoms with E-state index in [0.29, 0.717) is 6.04 Å². The fraction of sp³-hybridized carbons (Fsp3) is 0.684. The first kappa shape index (κ1) is 13.8. The van der Waals surface area contributed by atoms with Crippen molar-refractivity contribution in [1.82, 2.24) is 10.2 Å². The van der Waals surface area contributed by atoms with E-state index < -0.39 is 0 Å². The lowest BCUT2D eigenvalue weighted by molar-refractivity contribution is 0.0642.